The van der Waals surface area contributed by atoms with E-state index in [1.807, 2.05) is 13.8 Å². The van der Waals surface area contributed by atoms with Gasteiger partial charge in [0.15, 0.2) is 5.96 Å². The first kappa shape index (κ1) is 19.7. The number of benzene rings is 1. The molecule has 0 saturated carbocycles. The number of nitrogens with one attached hydrogen (secondary N) is 1. The van der Waals surface area contributed by atoms with Crippen LogP contribution < -0.4 is 10.5 Å². The Kier molecular flexibility index (Phi) is 6.84. The van der Waals surface area contributed by atoms with Crippen molar-refractivity contribution in [3.05, 3.63) is 29.8 Å². The molecule has 0 spiro atoms. The molecule has 2 rings (SSSR count). The molecule has 1 aliphatic heterocycles. The van der Waals surface area contributed by atoms with Crippen LogP contribution in [0.3, 0.4) is 0 Å². The Morgan fingerprint density at radius 3 is 2.44 bits per heavy atom. The molecule has 1 fully saturated rings. The van der Waals surface area contributed by atoms with Crippen molar-refractivity contribution in [2.45, 2.75) is 45.1 Å². The molecule has 0 aliphatic carbocycles. The first-order valence-corrected chi connectivity index (χ1v) is 10.4. The van der Waals surface area contributed by atoms with Crippen LogP contribution in [0.1, 0.15) is 39.2 Å². The molecule has 7 heteroatoms. The van der Waals surface area contributed by atoms with Gasteiger partial charge in [0.05, 0.1) is 11.4 Å². The van der Waals surface area contributed by atoms with Crippen LogP contribution in [0.2, 0.25) is 0 Å². The van der Waals surface area contributed by atoms with Gasteiger partial charge in [-0.3, -0.25) is 0 Å². The van der Waals surface area contributed by atoms with E-state index in [4.69, 9.17) is 5.73 Å². The van der Waals surface area contributed by atoms with E-state index >= 15 is 0 Å². The number of aliphatic imine (C=N–C) groups is 1. The molecule has 0 aromatic heterocycles. The highest BCUT2D eigenvalue weighted by Gasteiger charge is 2.17. The number of nitrogens with two attached hydrogens (primary N) is 1. The molecule has 0 unspecified atom stereocenters. The van der Waals surface area contributed by atoms with Gasteiger partial charge < -0.3 is 10.6 Å². The first-order chi connectivity index (χ1) is 11.8. The van der Waals surface area contributed by atoms with Crippen LogP contribution in [0, 0.1) is 11.8 Å². The molecule has 1 aromatic rings. The Morgan fingerprint density at radius 2 is 1.88 bits per heavy atom. The quantitative estimate of drug-likeness (QED) is 0.596. The Balaban J connectivity index is 1.95. The van der Waals surface area contributed by atoms with Crippen LogP contribution in [0.15, 0.2) is 34.2 Å². The summed E-state index contributed by atoms with van der Waals surface area (Å²) >= 11 is 0. The normalized spacial score (nSPS) is 17.3. The van der Waals surface area contributed by atoms with Crippen molar-refractivity contribution < 1.29 is 8.42 Å². The summed E-state index contributed by atoms with van der Waals surface area (Å²) in [6.45, 7) is 8.99. The van der Waals surface area contributed by atoms with Crippen molar-refractivity contribution in [3.8, 4) is 0 Å². The van der Waals surface area contributed by atoms with E-state index in [0.29, 0.717) is 19.0 Å². The minimum atomic E-state index is -3.44. The van der Waals surface area contributed by atoms with E-state index in [-0.39, 0.29) is 10.8 Å². The van der Waals surface area contributed by atoms with Gasteiger partial charge in [-0.15, -0.1) is 0 Å². The van der Waals surface area contributed by atoms with Crippen LogP contribution in [-0.4, -0.2) is 38.9 Å². The zero-order valence-electron chi connectivity index (χ0n) is 15.4. The van der Waals surface area contributed by atoms with Crippen LogP contribution >= 0.6 is 0 Å². The van der Waals surface area contributed by atoms with E-state index < -0.39 is 10.0 Å². The second-order valence-corrected chi connectivity index (χ2v) is 9.00. The molecule has 0 amide bonds. The van der Waals surface area contributed by atoms with E-state index in [9.17, 15) is 8.42 Å². The first-order valence-electron chi connectivity index (χ1n) is 8.91. The third-order valence-corrected chi connectivity index (χ3v) is 5.89. The maximum atomic E-state index is 12.2. The highest BCUT2D eigenvalue weighted by molar-refractivity contribution is 7.89. The fourth-order valence-electron chi connectivity index (χ4n) is 2.64. The topological polar surface area (TPSA) is 87.8 Å². The second kappa shape index (κ2) is 8.67. The molecule has 1 heterocycles. The molecule has 1 aromatic carbocycles. The van der Waals surface area contributed by atoms with Crippen molar-refractivity contribution in [2.24, 2.45) is 22.6 Å². The molecule has 1 aliphatic rings. The Morgan fingerprint density at radius 1 is 1.28 bits per heavy atom. The van der Waals surface area contributed by atoms with E-state index in [2.05, 4.69) is 21.5 Å². The monoisotopic (exact) mass is 366 g/mol. The lowest BCUT2D eigenvalue weighted by atomic mass is 10.00. The van der Waals surface area contributed by atoms with Crippen molar-refractivity contribution in [3.63, 3.8) is 0 Å². The van der Waals surface area contributed by atoms with Gasteiger partial charge in [0.2, 0.25) is 10.0 Å². The lowest BCUT2D eigenvalue weighted by Gasteiger charge is -2.31. The highest BCUT2D eigenvalue weighted by Crippen LogP contribution is 2.16. The predicted molar refractivity (Wildman–Crippen MR) is 102 cm³/mol. The maximum absolute atomic E-state index is 12.2. The average molecular weight is 367 g/mol. The molecule has 0 bridgehead atoms. The molecular weight excluding hydrogens is 336 g/mol. The number of rotatable bonds is 6. The van der Waals surface area contributed by atoms with Crippen LogP contribution in [-0.2, 0) is 16.6 Å². The number of sulfonamides is 1. The Labute approximate surface area is 151 Å². The SMILES string of the molecule is CC(C)CNS(=O)(=O)c1ccc(CN=C(N)N2CCC(C)CC2)cc1. The number of likely N-dealkylation sites (tertiary alicyclic amines) is 1. The molecule has 0 radical (unpaired) electrons. The molecule has 140 valence electrons. The summed E-state index contributed by atoms with van der Waals surface area (Å²) in [5.74, 6) is 1.59. The third kappa shape index (κ3) is 6.01. The number of hydrogen-bond donors (Lipinski definition) is 2. The van der Waals surface area contributed by atoms with Crippen LogP contribution in [0.5, 0.6) is 0 Å². The van der Waals surface area contributed by atoms with Crippen molar-refractivity contribution >= 4 is 16.0 Å². The molecule has 3 N–H and O–H groups in total. The summed E-state index contributed by atoms with van der Waals surface area (Å²) in [6, 6.07) is 6.82. The van der Waals surface area contributed by atoms with E-state index in [1.165, 1.54) is 0 Å². The van der Waals surface area contributed by atoms with Crippen LogP contribution in [0.25, 0.3) is 0 Å². The van der Waals surface area contributed by atoms with Crippen molar-refractivity contribution in [1.82, 2.24) is 9.62 Å². The fraction of sp³-hybridized carbons (Fsp3) is 0.611. The summed E-state index contributed by atoms with van der Waals surface area (Å²) in [6.07, 6.45) is 2.29. The second-order valence-electron chi connectivity index (χ2n) is 7.23. The third-order valence-electron chi connectivity index (χ3n) is 4.45. The number of hydrogen-bond acceptors (Lipinski definition) is 3. The summed E-state index contributed by atoms with van der Waals surface area (Å²) in [5, 5.41) is 0. The smallest absolute Gasteiger partial charge is 0.240 e. The minimum Gasteiger partial charge on any atom is -0.370 e. The van der Waals surface area contributed by atoms with Gasteiger partial charge in [-0.1, -0.05) is 32.9 Å². The number of piperidine rings is 1. The van der Waals surface area contributed by atoms with Crippen molar-refractivity contribution in [1.29, 1.82) is 0 Å². The van der Waals surface area contributed by atoms with Crippen LogP contribution in [0.4, 0.5) is 0 Å². The fourth-order valence-corrected chi connectivity index (χ4v) is 3.86. The molecule has 25 heavy (non-hydrogen) atoms. The summed E-state index contributed by atoms with van der Waals surface area (Å²) < 4.78 is 27.0. The van der Waals surface area contributed by atoms with Gasteiger partial charge in [0, 0.05) is 19.6 Å². The lowest BCUT2D eigenvalue weighted by molar-refractivity contribution is 0.277. The van der Waals surface area contributed by atoms with Gasteiger partial charge in [0.1, 0.15) is 0 Å². The lowest BCUT2D eigenvalue weighted by Crippen LogP contribution is -2.42. The predicted octanol–water partition coefficient (Wildman–Crippen LogP) is 2.17. The number of guanidine groups is 1. The molecular formula is C18H30N4O2S. The van der Waals surface area contributed by atoms with Gasteiger partial charge >= 0.3 is 0 Å². The largest absolute Gasteiger partial charge is 0.370 e. The van der Waals surface area contributed by atoms with Gasteiger partial charge in [-0.05, 0) is 42.4 Å². The van der Waals surface area contributed by atoms with E-state index in [1.54, 1.807) is 24.3 Å². The van der Waals surface area contributed by atoms with Gasteiger partial charge in [0.25, 0.3) is 0 Å². The van der Waals surface area contributed by atoms with Gasteiger partial charge in [-0.2, -0.15) is 0 Å². The molecule has 6 nitrogen and oxygen atoms in total. The molecule has 0 atom stereocenters. The molecule has 1 saturated heterocycles. The zero-order chi connectivity index (χ0) is 18.4. The number of nitrogens with zero attached hydrogens (tertiary/aromatic N) is 2. The summed E-state index contributed by atoms with van der Waals surface area (Å²) in [7, 11) is -3.44. The maximum Gasteiger partial charge on any atom is 0.240 e. The summed E-state index contributed by atoms with van der Waals surface area (Å²) in [4.78, 5) is 6.85. The highest BCUT2D eigenvalue weighted by atomic mass is 32.2. The van der Waals surface area contributed by atoms with E-state index in [0.717, 1.165) is 37.4 Å². The van der Waals surface area contributed by atoms with Gasteiger partial charge in [-0.25, -0.2) is 18.1 Å². The average Bonchev–Trinajstić information content (AvgIpc) is 2.59. The Bertz CT molecular complexity index is 676. The zero-order valence-corrected chi connectivity index (χ0v) is 16.2. The van der Waals surface area contributed by atoms with Crippen molar-refractivity contribution in [2.75, 3.05) is 19.6 Å². The standard InChI is InChI=1S/C18H30N4O2S/c1-14(2)12-21-25(23,24)17-6-4-16(5-7-17)13-20-18(19)22-10-8-15(3)9-11-22/h4-7,14-15,21H,8-13H2,1-3H3,(H2,19,20). The minimum absolute atomic E-state index is 0.268. The summed E-state index contributed by atoms with van der Waals surface area (Å²) in [5.41, 5.74) is 7.02. The Hall–Kier alpha value is -1.60.